The molecule has 66 valence electrons. The van der Waals surface area contributed by atoms with Crippen LogP contribution in [0, 0.1) is 3.57 Å². The quantitative estimate of drug-likeness (QED) is 0.721. The van der Waals surface area contributed by atoms with Crippen LogP contribution in [0.15, 0.2) is 6.20 Å². The number of rotatable bonds is 1. The maximum absolute atomic E-state index is 4.50. The minimum atomic E-state index is 0.748. The average molecular weight is 276 g/mol. The van der Waals surface area contributed by atoms with Gasteiger partial charge in [0.15, 0.2) is 0 Å². The average Bonchev–Trinajstić information content (AvgIpc) is 2.58. The molecule has 0 saturated heterocycles. The second-order valence-electron chi connectivity index (χ2n) is 3.52. The smallest absolute Gasteiger partial charge is 0.0788 e. The standard InChI is InChI=1S/C9H13IN2/c1-12-6-8(10)9(11-12)7-4-2-3-5-7/h6-7H,2-5H2,1H3. The molecule has 0 amide bonds. The lowest BCUT2D eigenvalue weighted by Gasteiger charge is -2.04. The van der Waals surface area contributed by atoms with Crippen LogP contribution in [0.1, 0.15) is 37.3 Å². The van der Waals surface area contributed by atoms with E-state index in [-0.39, 0.29) is 0 Å². The molecule has 3 heteroatoms. The molecule has 0 bridgehead atoms. The third-order valence-corrected chi connectivity index (χ3v) is 3.38. The molecule has 1 fully saturated rings. The van der Waals surface area contributed by atoms with Crippen molar-refractivity contribution in [3.63, 3.8) is 0 Å². The van der Waals surface area contributed by atoms with Gasteiger partial charge in [-0.1, -0.05) is 12.8 Å². The fraction of sp³-hybridized carbons (Fsp3) is 0.667. The molecule has 1 heterocycles. The molecule has 1 aromatic rings. The summed E-state index contributed by atoms with van der Waals surface area (Å²) in [5.41, 5.74) is 1.33. The largest absolute Gasteiger partial charge is 0.274 e. The number of aromatic nitrogens is 2. The fourth-order valence-electron chi connectivity index (χ4n) is 1.95. The van der Waals surface area contributed by atoms with Gasteiger partial charge in [-0.2, -0.15) is 5.10 Å². The van der Waals surface area contributed by atoms with E-state index in [1.807, 2.05) is 11.7 Å². The van der Waals surface area contributed by atoms with Crippen molar-refractivity contribution < 1.29 is 0 Å². The van der Waals surface area contributed by atoms with E-state index in [1.54, 1.807) is 0 Å². The molecule has 0 N–H and O–H groups in total. The Labute approximate surface area is 86.5 Å². The minimum Gasteiger partial charge on any atom is -0.274 e. The Morgan fingerprint density at radius 3 is 2.67 bits per heavy atom. The summed E-state index contributed by atoms with van der Waals surface area (Å²) in [7, 11) is 2.00. The summed E-state index contributed by atoms with van der Waals surface area (Å²) in [6, 6.07) is 0. The minimum absolute atomic E-state index is 0.748. The van der Waals surface area contributed by atoms with Crippen molar-refractivity contribution in [1.29, 1.82) is 0 Å². The van der Waals surface area contributed by atoms with Crippen molar-refractivity contribution in [2.45, 2.75) is 31.6 Å². The van der Waals surface area contributed by atoms with Crippen molar-refractivity contribution in [3.8, 4) is 0 Å². The van der Waals surface area contributed by atoms with Gasteiger partial charge in [0.1, 0.15) is 0 Å². The van der Waals surface area contributed by atoms with Crippen LogP contribution in [0.3, 0.4) is 0 Å². The maximum atomic E-state index is 4.50. The van der Waals surface area contributed by atoms with Crippen molar-refractivity contribution in [2.24, 2.45) is 7.05 Å². The Bertz CT molecular complexity index is 274. The van der Waals surface area contributed by atoms with Gasteiger partial charge >= 0.3 is 0 Å². The predicted octanol–water partition coefficient (Wildman–Crippen LogP) is 2.68. The third kappa shape index (κ3) is 1.51. The SMILES string of the molecule is Cn1cc(I)c(C2CCCC2)n1. The summed E-state index contributed by atoms with van der Waals surface area (Å²) in [5, 5.41) is 4.50. The van der Waals surface area contributed by atoms with Gasteiger partial charge in [-0.25, -0.2) is 0 Å². The van der Waals surface area contributed by atoms with Crippen LogP contribution in [-0.4, -0.2) is 9.78 Å². The fourth-order valence-corrected chi connectivity index (χ4v) is 2.90. The first-order valence-corrected chi connectivity index (χ1v) is 5.54. The van der Waals surface area contributed by atoms with E-state index >= 15 is 0 Å². The van der Waals surface area contributed by atoms with Gasteiger partial charge in [-0.3, -0.25) is 4.68 Å². The summed E-state index contributed by atoms with van der Waals surface area (Å²) >= 11 is 2.39. The second kappa shape index (κ2) is 3.36. The molecule has 1 saturated carbocycles. The maximum Gasteiger partial charge on any atom is 0.0788 e. The normalized spacial score (nSPS) is 18.8. The van der Waals surface area contributed by atoms with Gasteiger partial charge < -0.3 is 0 Å². The van der Waals surface area contributed by atoms with Gasteiger partial charge in [0.25, 0.3) is 0 Å². The van der Waals surface area contributed by atoms with E-state index in [0.29, 0.717) is 0 Å². The molecule has 0 aliphatic heterocycles. The Morgan fingerprint density at radius 1 is 1.50 bits per heavy atom. The summed E-state index contributed by atoms with van der Waals surface area (Å²) in [4.78, 5) is 0. The highest BCUT2D eigenvalue weighted by Gasteiger charge is 2.21. The van der Waals surface area contributed by atoms with Crippen molar-refractivity contribution in [2.75, 3.05) is 0 Å². The molecule has 0 atom stereocenters. The van der Waals surface area contributed by atoms with Crippen LogP contribution >= 0.6 is 22.6 Å². The molecular formula is C9H13IN2. The van der Waals surface area contributed by atoms with Gasteiger partial charge in [0.05, 0.1) is 9.26 Å². The molecular weight excluding hydrogens is 263 g/mol. The summed E-state index contributed by atoms with van der Waals surface area (Å²) in [6.45, 7) is 0. The van der Waals surface area contributed by atoms with Crippen LogP contribution in [0.2, 0.25) is 0 Å². The summed E-state index contributed by atoms with van der Waals surface area (Å²) < 4.78 is 3.26. The predicted molar refractivity (Wildman–Crippen MR) is 57.1 cm³/mol. The Morgan fingerprint density at radius 2 is 2.17 bits per heavy atom. The molecule has 0 unspecified atom stereocenters. The second-order valence-corrected chi connectivity index (χ2v) is 4.68. The molecule has 2 nitrogen and oxygen atoms in total. The first-order valence-electron chi connectivity index (χ1n) is 4.46. The van der Waals surface area contributed by atoms with Crippen LogP contribution in [-0.2, 0) is 7.05 Å². The first-order chi connectivity index (χ1) is 5.77. The summed E-state index contributed by atoms with van der Waals surface area (Å²) in [6.07, 6.45) is 7.56. The molecule has 0 radical (unpaired) electrons. The van der Waals surface area contributed by atoms with Crippen molar-refractivity contribution >= 4 is 22.6 Å². The van der Waals surface area contributed by atoms with Crippen LogP contribution in [0.5, 0.6) is 0 Å². The molecule has 12 heavy (non-hydrogen) atoms. The highest BCUT2D eigenvalue weighted by Crippen LogP contribution is 2.34. The van der Waals surface area contributed by atoms with Crippen LogP contribution < -0.4 is 0 Å². The zero-order valence-electron chi connectivity index (χ0n) is 7.26. The van der Waals surface area contributed by atoms with E-state index in [4.69, 9.17) is 0 Å². The summed E-state index contributed by atoms with van der Waals surface area (Å²) in [5.74, 6) is 0.748. The number of hydrogen-bond donors (Lipinski definition) is 0. The lowest BCUT2D eigenvalue weighted by Crippen LogP contribution is -1.96. The highest BCUT2D eigenvalue weighted by atomic mass is 127. The van der Waals surface area contributed by atoms with Crippen molar-refractivity contribution in [1.82, 2.24) is 9.78 Å². The zero-order chi connectivity index (χ0) is 8.55. The molecule has 0 aromatic carbocycles. The van der Waals surface area contributed by atoms with Crippen LogP contribution in [0.4, 0.5) is 0 Å². The van der Waals surface area contributed by atoms with Crippen LogP contribution in [0.25, 0.3) is 0 Å². The van der Waals surface area contributed by atoms with E-state index in [0.717, 1.165) is 5.92 Å². The van der Waals surface area contributed by atoms with E-state index < -0.39 is 0 Å². The number of aryl methyl sites for hydroxylation is 1. The Kier molecular flexibility index (Phi) is 2.39. The number of hydrogen-bond acceptors (Lipinski definition) is 1. The molecule has 1 aliphatic rings. The van der Waals surface area contributed by atoms with Gasteiger partial charge in [-0.05, 0) is 35.4 Å². The van der Waals surface area contributed by atoms with Gasteiger partial charge in [-0.15, -0.1) is 0 Å². The van der Waals surface area contributed by atoms with Crippen molar-refractivity contribution in [3.05, 3.63) is 15.5 Å². The highest BCUT2D eigenvalue weighted by molar-refractivity contribution is 14.1. The van der Waals surface area contributed by atoms with E-state index in [2.05, 4.69) is 33.9 Å². The zero-order valence-corrected chi connectivity index (χ0v) is 9.41. The third-order valence-electron chi connectivity index (χ3n) is 2.55. The van der Waals surface area contributed by atoms with E-state index in [9.17, 15) is 0 Å². The molecule has 2 rings (SSSR count). The molecule has 1 aromatic heterocycles. The molecule has 0 spiro atoms. The number of halogens is 1. The Hall–Kier alpha value is -0.0600. The first kappa shape index (κ1) is 8.53. The lowest BCUT2D eigenvalue weighted by molar-refractivity contribution is 0.656. The van der Waals surface area contributed by atoms with Gasteiger partial charge in [0.2, 0.25) is 0 Å². The topological polar surface area (TPSA) is 17.8 Å². The number of nitrogens with zero attached hydrogens (tertiary/aromatic N) is 2. The van der Waals surface area contributed by atoms with E-state index in [1.165, 1.54) is 34.9 Å². The monoisotopic (exact) mass is 276 g/mol. The Balaban J connectivity index is 2.25. The molecule has 1 aliphatic carbocycles. The lowest BCUT2D eigenvalue weighted by atomic mass is 10.1. The van der Waals surface area contributed by atoms with Gasteiger partial charge in [0, 0.05) is 19.2 Å².